The van der Waals surface area contributed by atoms with Gasteiger partial charge >= 0.3 is 5.97 Å². The second-order valence-electron chi connectivity index (χ2n) is 6.31. The Bertz CT molecular complexity index is 821. The Kier molecular flexibility index (Phi) is 8.82. The average molecular weight is 401 g/mol. The summed E-state index contributed by atoms with van der Waals surface area (Å²) in [5.41, 5.74) is 1.99. The molecule has 0 radical (unpaired) electrons. The first-order valence-corrected chi connectivity index (χ1v) is 9.35. The number of para-hydroxylation sites is 1. The second kappa shape index (κ2) is 11.6. The lowest BCUT2D eigenvalue weighted by Gasteiger charge is -2.10. The first kappa shape index (κ1) is 22.1. The van der Waals surface area contributed by atoms with Crippen molar-refractivity contribution in [3.8, 4) is 17.2 Å². The molecule has 2 aromatic rings. The van der Waals surface area contributed by atoms with Gasteiger partial charge in [0, 0.05) is 6.54 Å². The maximum atomic E-state index is 11.8. The fourth-order valence-electron chi connectivity index (χ4n) is 2.61. The molecule has 0 spiro atoms. The quantitative estimate of drug-likeness (QED) is 0.583. The lowest BCUT2D eigenvalue weighted by Crippen LogP contribution is -2.30. The van der Waals surface area contributed by atoms with Crippen molar-refractivity contribution in [3.05, 3.63) is 53.6 Å². The molecule has 29 heavy (non-hydrogen) atoms. The number of benzene rings is 2. The lowest BCUT2D eigenvalue weighted by atomic mass is 10.1. The summed E-state index contributed by atoms with van der Waals surface area (Å²) in [5.74, 6) is 1.19. The third kappa shape index (κ3) is 7.37. The first-order chi connectivity index (χ1) is 14.0. The fourth-order valence-corrected chi connectivity index (χ4v) is 2.61. The van der Waals surface area contributed by atoms with Crippen LogP contribution in [0.15, 0.2) is 42.5 Å². The van der Waals surface area contributed by atoms with Gasteiger partial charge in [0.2, 0.25) is 0 Å². The highest BCUT2D eigenvalue weighted by atomic mass is 16.5. The summed E-state index contributed by atoms with van der Waals surface area (Å²) in [4.78, 5) is 23.6. The van der Waals surface area contributed by atoms with Gasteiger partial charge in [0.25, 0.3) is 5.91 Å². The van der Waals surface area contributed by atoms with Crippen molar-refractivity contribution in [2.24, 2.45) is 0 Å². The van der Waals surface area contributed by atoms with Crippen molar-refractivity contribution in [1.29, 1.82) is 0 Å². The molecule has 1 N–H and O–H groups in total. The smallest absolute Gasteiger partial charge is 0.309 e. The third-order valence-electron chi connectivity index (χ3n) is 4.21. The Balaban J connectivity index is 1.63. The number of hydrogen-bond acceptors (Lipinski definition) is 6. The molecule has 0 atom stereocenters. The summed E-state index contributed by atoms with van der Waals surface area (Å²) in [7, 11) is 3.15. The number of carbonyl (C=O) groups is 2. The van der Waals surface area contributed by atoms with E-state index in [0.29, 0.717) is 24.5 Å². The zero-order chi connectivity index (χ0) is 21.1. The molecule has 0 saturated heterocycles. The molecule has 7 nitrogen and oxygen atoms in total. The molecule has 0 aliphatic heterocycles. The van der Waals surface area contributed by atoms with E-state index in [-0.39, 0.29) is 25.5 Å². The predicted octanol–water partition coefficient (Wildman–Crippen LogP) is 2.68. The van der Waals surface area contributed by atoms with Gasteiger partial charge in [0.15, 0.2) is 18.1 Å². The largest absolute Gasteiger partial charge is 0.493 e. The minimum atomic E-state index is -0.478. The van der Waals surface area contributed by atoms with E-state index >= 15 is 0 Å². The van der Waals surface area contributed by atoms with Crippen LogP contribution in [-0.2, 0) is 20.7 Å². The minimum absolute atomic E-state index is 0.0766. The van der Waals surface area contributed by atoms with Gasteiger partial charge in [0.1, 0.15) is 5.75 Å². The van der Waals surface area contributed by atoms with Crippen molar-refractivity contribution in [2.45, 2.75) is 19.8 Å². The number of aryl methyl sites for hydroxylation is 1. The number of hydrogen-bond donors (Lipinski definition) is 1. The molecule has 0 aliphatic rings. The fraction of sp³-hybridized carbons (Fsp3) is 0.364. The normalized spacial score (nSPS) is 10.2. The molecular weight excluding hydrogens is 374 g/mol. The van der Waals surface area contributed by atoms with Gasteiger partial charge in [-0.25, -0.2) is 0 Å². The number of rotatable bonds is 11. The van der Waals surface area contributed by atoms with Crippen LogP contribution in [0.1, 0.15) is 17.5 Å². The highest BCUT2D eigenvalue weighted by molar-refractivity contribution is 5.80. The molecule has 0 fully saturated rings. The zero-order valence-corrected chi connectivity index (χ0v) is 17.0. The van der Waals surface area contributed by atoms with E-state index in [4.69, 9.17) is 18.9 Å². The Labute approximate surface area is 170 Å². The molecule has 0 aliphatic carbocycles. The van der Waals surface area contributed by atoms with E-state index in [0.717, 1.165) is 16.9 Å². The molecule has 0 aromatic heterocycles. The zero-order valence-electron chi connectivity index (χ0n) is 17.0. The van der Waals surface area contributed by atoms with Crippen LogP contribution in [0.4, 0.5) is 0 Å². The maximum Gasteiger partial charge on any atom is 0.309 e. The van der Waals surface area contributed by atoms with E-state index in [1.54, 1.807) is 14.2 Å². The molecule has 1 amide bonds. The molecule has 2 rings (SSSR count). The Morgan fingerprint density at radius 2 is 1.72 bits per heavy atom. The number of amides is 1. The summed E-state index contributed by atoms with van der Waals surface area (Å²) in [6.45, 7) is 2.24. The highest BCUT2D eigenvalue weighted by Gasteiger charge is 2.09. The summed E-state index contributed by atoms with van der Waals surface area (Å²) < 4.78 is 21.0. The highest BCUT2D eigenvalue weighted by Crippen LogP contribution is 2.27. The summed E-state index contributed by atoms with van der Waals surface area (Å²) >= 11 is 0. The summed E-state index contributed by atoms with van der Waals surface area (Å²) in [6, 6.07) is 13.1. The van der Waals surface area contributed by atoms with Crippen LogP contribution >= 0.6 is 0 Å². The molecule has 0 unspecified atom stereocenters. The molecule has 0 saturated carbocycles. The van der Waals surface area contributed by atoms with Crippen LogP contribution in [-0.4, -0.2) is 45.9 Å². The topological polar surface area (TPSA) is 83.1 Å². The van der Waals surface area contributed by atoms with E-state index in [9.17, 15) is 9.59 Å². The molecule has 2 aromatic carbocycles. The summed E-state index contributed by atoms with van der Waals surface area (Å²) in [6.07, 6.45) is 0.692. The van der Waals surface area contributed by atoms with E-state index in [1.165, 1.54) is 0 Å². The van der Waals surface area contributed by atoms with Crippen molar-refractivity contribution in [2.75, 3.05) is 34.0 Å². The van der Waals surface area contributed by atoms with Crippen molar-refractivity contribution in [3.63, 3.8) is 0 Å². The Hall–Kier alpha value is -3.22. The molecule has 7 heteroatoms. The van der Waals surface area contributed by atoms with Crippen molar-refractivity contribution in [1.82, 2.24) is 5.32 Å². The van der Waals surface area contributed by atoms with Crippen molar-refractivity contribution >= 4 is 11.9 Å². The molecular formula is C22H27NO6. The second-order valence-corrected chi connectivity index (χ2v) is 6.31. The van der Waals surface area contributed by atoms with E-state index in [2.05, 4.69) is 5.32 Å². The summed E-state index contributed by atoms with van der Waals surface area (Å²) in [5, 5.41) is 2.72. The Morgan fingerprint density at radius 3 is 2.45 bits per heavy atom. The number of carbonyl (C=O) groups excluding carboxylic acids is 2. The molecule has 156 valence electrons. The number of esters is 1. The van der Waals surface area contributed by atoms with Crippen LogP contribution in [0.3, 0.4) is 0 Å². The monoisotopic (exact) mass is 401 g/mol. The van der Waals surface area contributed by atoms with Crippen LogP contribution in [0.5, 0.6) is 17.2 Å². The van der Waals surface area contributed by atoms with Gasteiger partial charge in [-0.3, -0.25) is 9.59 Å². The van der Waals surface area contributed by atoms with Gasteiger partial charge < -0.3 is 24.3 Å². The van der Waals surface area contributed by atoms with Crippen LogP contribution in [0.25, 0.3) is 0 Å². The number of ether oxygens (including phenoxy) is 4. The van der Waals surface area contributed by atoms with Crippen molar-refractivity contribution < 1.29 is 28.5 Å². The van der Waals surface area contributed by atoms with Gasteiger partial charge in [-0.05, 0) is 42.7 Å². The van der Waals surface area contributed by atoms with Crippen LogP contribution in [0, 0.1) is 6.92 Å². The van der Waals surface area contributed by atoms with Gasteiger partial charge in [-0.15, -0.1) is 0 Å². The number of nitrogens with one attached hydrogen (secondary N) is 1. The maximum absolute atomic E-state index is 11.8. The van der Waals surface area contributed by atoms with Crippen LogP contribution < -0.4 is 19.5 Å². The van der Waals surface area contributed by atoms with Gasteiger partial charge in [-0.2, -0.15) is 0 Å². The standard InChI is InChI=1S/C22H27NO6/c1-16-6-4-5-7-18(16)28-13-11-22(25)29-15-21(24)23-12-10-17-8-9-19(26-2)20(14-17)27-3/h4-9,14H,10-13,15H2,1-3H3,(H,23,24). The third-order valence-corrected chi connectivity index (χ3v) is 4.21. The molecule has 0 heterocycles. The Morgan fingerprint density at radius 1 is 0.966 bits per heavy atom. The lowest BCUT2D eigenvalue weighted by molar-refractivity contribution is -0.149. The number of methoxy groups -OCH3 is 2. The first-order valence-electron chi connectivity index (χ1n) is 9.35. The van der Waals surface area contributed by atoms with Gasteiger partial charge in [0.05, 0.1) is 27.2 Å². The van der Waals surface area contributed by atoms with E-state index < -0.39 is 5.97 Å². The minimum Gasteiger partial charge on any atom is -0.493 e. The SMILES string of the molecule is COc1ccc(CCNC(=O)COC(=O)CCOc2ccccc2C)cc1OC. The molecule has 0 bridgehead atoms. The van der Waals surface area contributed by atoms with E-state index in [1.807, 2.05) is 49.4 Å². The van der Waals surface area contributed by atoms with Crippen LogP contribution in [0.2, 0.25) is 0 Å². The predicted molar refractivity (Wildman–Crippen MR) is 109 cm³/mol. The average Bonchev–Trinajstić information content (AvgIpc) is 2.73. The van der Waals surface area contributed by atoms with Gasteiger partial charge in [-0.1, -0.05) is 24.3 Å².